The molecule has 0 saturated carbocycles. The number of aliphatic hydroxyl groups is 1. The Hall–Kier alpha value is 0.240. The average Bonchev–Trinajstić information content (AvgIpc) is 2.16. The highest BCUT2D eigenvalue weighted by Crippen LogP contribution is 2.28. The smallest absolute Gasteiger partial charge is 0.137 e. The van der Waals surface area contributed by atoms with Gasteiger partial charge in [-0.3, -0.25) is 0 Å². The SMILES string of the molecule is CCc1cc(Br)ccc1C(O)C(Cl)Cl. The van der Waals surface area contributed by atoms with Crippen LogP contribution in [-0.2, 0) is 6.42 Å². The van der Waals surface area contributed by atoms with Crippen LogP contribution in [-0.4, -0.2) is 9.94 Å². The zero-order valence-corrected chi connectivity index (χ0v) is 10.8. The minimum Gasteiger partial charge on any atom is -0.386 e. The molecule has 0 bridgehead atoms. The van der Waals surface area contributed by atoms with Crippen molar-refractivity contribution >= 4 is 39.1 Å². The lowest BCUT2D eigenvalue weighted by Crippen LogP contribution is -2.08. The molecule has 0 heterocycles. The van der Waals surface area contributed by atoms with E-state index in [2.05, 4.69) is 15.9 Å². The van der Waals surface area contributed by atoms with Gasteiger partial charge in [-0.25, -0.2) is 0 Å². The van der Waals surface area contributed by atoms with Crippen LogP contribution in [0.1, 0.15) is 24.2 Å². The van der Waals surface area contributed by atoms with Crippen molar-refractivity contribution in [3.8, 4) is 0 Å². The third kappa shape index (κ3) is 2.86. The molecule has 1 atom stereocenters. The summed E-state index contributed by atoms with van der Waals surface area (Å²) in [6.07, 6.45) is 0.0215. The first-order chi connectivity index (χ1) is 6.56. The Morgan fingerprint density at radius 2 is 2.07 bits per heavy atom. The molecule has 4 heteroatoms. The van der Waals surface area contributed by atoms with E-state index >= 15 is 0 Å². The number of rotatable bonds is 3. The largest absolute Gasteiger partial charge is 0.386 e. The highest BCUT2D eigenvalue weighted by Gasteiger charge is 2.18. The Morgan fingerprint density at radius 3 is 2.57 bits per heavy atom. The highest BCUT2D eigenvalue weighted by atomic mass is 79.9. The van der Waals surface area contributed by atoms with Gasteiger partial charge >= 0.3 is 0 Å². The van der Waals surface area contributed by atoms with Crippen LogP contribution in [0.2, 0.25) is 0 Å². The van der Waals surface area contributed by atoms with Crippen molar-refractivity contribution in [1.29, 1.82) is 0 Å². The Kier molecular flexibility index (Phi) is 4.71. The summed E-state index contributed by atoms with van der Waals surface area (Å²) in [6.45, 7) is 2.02. The molecule has 0 spiro atoms. The molecule has 78 valence electrons. The molecule has 14 heavy (non-hydrogen) atoms. The standard InChI is InChI=1S/C10H11BrCl2O/c1-2-6-5-7(11)3-4-8(6)9(14)10(12)13/h3-5,9-10,14H,2H2,1H3. The van der Waals surface area contributed by atoms with Crippen LogP contribution in [0.5, 0.6) is 0 Å². The van der Waals surface area contributed by atoms with Crippen LogP contribution in [0.15, 0.2) is 22.7 Å². The van der Waals surface area contributed by atoms with Crippen LogP contribution < -0.4 is 0 Å². The van der Waals surface area contributed by atoms with Crippen molar-refractivity contribution in [3.05, 3.63) is 33.8 Å². The van der Waals surface area contributed by atoms with E-state index in [-0.39, 0.29) is 0 Å². The molecule has 0 fully saturated rings. The van der Waals surface area contributed by atoms with E-state index in [1.807, 2.05) is 25.1 Å². The third-order valence-electron chi connectivity index (χ3n) is 2.04. The van der Waals surface area contributed by atoms with Crippen molar-refractivity contribution < 1.29 is 5.11 Å². The summed E-state index contributed by atoms with van der Waals surface area (Å²) < 4.78 is 0.992. The molecule has 1 nitrogen and oxygen atoms in total. The molecule has 1 N–H and O–H groups in total. The molecule has 0 aliphatic carbocycles. The van der Waals surface area contributed by atoms with Crippen molar-refractivity contribution in [2.75, 3.05) is 0 Å². The number of hydrogen-bond acceptors (Lipinski definition) is 1. The van der Waals surface area contributed by atoms with Gasteiger partial charge < -0.3 is 5.11 Å². The van der Waals surface area contributed by atoms with Gasteiger partial charge in [0, 0.05) is 4.47 Å². The number of benzene rings is 1. The molecule has 0 amide bonds. The number of alkyl halides is 2. The van der Waals surface area contributed by atoms with Crippen LogP contribution in [0, 0.1) is 0 Å². The lowest BCUT2D eigenvalue weighted by atomic mass is 10.0. The first-order valence-electron chi connectivity index (χ1n) is 4.30. The van der Waals surface area contributed by atoms with Crippen molar-refractivity contribution in [2.24, 2.45) is 0 Å². The summed E-state index contributed by atoms with van der Waals surface area (Å²) in [5.74, 6) is 0. The van der Waals surface area contributed by atoms with Crippen molar-refractivity contribution in [1.82, 2.24) is 0 Å². The maximum atomic E-state index is 9.72. The second-order valence-electron chi connectivity index (χ2n) is 2.98. The van der Waals surface area contributed by atoms with Gasteiger partial charge in [-0.15, -0.1) is 23.2 Å². The third-order valence-corrected chi connectivity index (χ3v) is 3.01. The average molecular weight is 298 g/mol. The molecule has 1 rings (SSSR count). The van der Waals surface area contributed by atoms with Gasteiger partial charge in [0.15, 0.2) is 0 Å². The van der Waals surface area contributed by atoms with E-state index in [4.69, 9.17) is 23.2 Å². The molecular weight excluding hydrogens is 287 g/mol. The molecule has 0 saturated heterocycles. The highest BCUT2D eigenvalue weighted by molar-refractivity contribution is 9.10. The first kappa shape index (κ1) is 12.3. The Bertz CT molecular complexity index is 315. The summed E-state index contributed by atoms with van der Waals surface area (Å²) in [6, 6.07) is 5.67. The molecule has 0 radical (unpaired) electrons. The fraction of sp³-hybridized carbons (Fsp3) is 0.400. The van der Waals surface area contributed by atoms with Gasteiger partial charge in [0.2, 0.25) is 0 Å². The summed E-state index contributed by atoms with van der Waals surface area (Å²) in [5, 5.41) is 9.72. The van der Waals surface area contributed by atoms with Gasteiger partial charge in [0.1, 0.15) is 10.9 Å². The minimum absolute atomic E-state index is 0.790. The van der Waals surface area contributed by atoms with E-state index in [1.54, 1.807) is 0 Å². The normalized spacial score (nSPS) is 13.3. The number of aliphatic hydroxyl groups excluding tert-OH is 1. The maximum absolute atomic E-state index is 9.72. The van der Waals surface area contributed by atoms with E-state index in [9.17, 15) is 5.11 Å². The lowest BCUT2D eigenvalue weighted by molar-refractivity contribution is 0.192. The second kappa shape index (κ2) is 5.36. The molecule has 0 aromatic heterocycles. The lowest BCUT2D eigenvalue weighted by Gasteiger charge is -2.15. The van der Waals surface area contributed by atoms with Crippen molar-refractivity contribution in [3.63, 3.8) is 0 Å². The minimum atomic E-state index is -0.818. The zero-order valence-electron chi connectivity index (χ0n) is 7.67. The van der Waals surface area contributed by atoms with Gasteiger partial charge in [0.25, 0.3) is 0 Å². The first-order valence-corrected chi connectivity index (χ1v) is 5.97. The Labute approximate surface area is 102 Å². The van der Waals surface area contributed by atoms with E-state index < -0.39 is 10.9 Å². The maximum Gasteiger partial charge on any atom is 0.137 e. The number of halogens is 3. The van der Waals surface area contributed by atoms with E-state index in [0.29, 0.717) is 0 Å². The van der Waals surface area contributed by atoms with Crippen molar-refractivity contribution in [2.45, 2.75) is 24.3 Å². The Morgan fingerprint density at radius 1 is 1.43 bits per heavy atom. The topological polar surface area (TPSA) is 20.2 Å². The second-order valence-corrected chi connectivity index (χ2v) is 5.06. The molecular formula is C10H11BrCl2O. The van der Waals surface area contributed by atoms with Gasteiger partial charge in [-0.2, -0.15) is 0 Å². The van der Waals surface area contributed by atoms with Gasteiger partial charge in [-0.05, 0) is 29.7 Å². The summed E-state index contributed by atoms with van der Waals surface area (Å²) >= 11 is 14.6. The van der Waals surface area contributed by atoms with Gasteiger partial charge in [-0.1, -0.05) is 28.9 Å². The summed E-state index contributed by atoms with van der Waals surface area (Å²) in [4.78, 5) is -0.790. The van der Waals surface area contributed by atoms with Crippen LogP contribution in [0.25, 0.3) is 0 Å². The summed E-state index contributed by atoms with van der Waals surface area (Å²) in [7, 11) is 0. The monoisotopic (exact) mass is 296 g/mol. The van der Waals surface area contributed by atoms with Crippen LogP contribution >= 0.6 is 39.1 Å². The Balaban J connectivity index is 3.07. The summed E-state index contributed by atoms with van der Waals surface area (Å²) in [5.41, 5.74) is 1.85. The number of aryl methyl sites for hydroxylation is 1. The van der Waals surface area contributed by atoms with Gasteiger partial charge in [0.05, 0.1) is 0 Å². The fourth-order valence-corrected chi connectivity index (χ4v) is 1.98. The van der Waals surface area contributed by atoms with E-state index in [1.165, 1.54) is 0 Å². The van der Waals surface area contributed by atoms with Crippen LogP contribution in [0.4, 0.5) is 0 Å². The molecule has 1 aromatic carbocycles. The number of hydrogen-bond donors (Lipinski definition) is 1. The molecule has 1 aromatic rings. The zero-order chi connectivity index (χ0) is 10.7. The molecule has 1 unspecified atom stereocenters. The molecule has 0 aliphatic heterocycles. The fourth-order valence-electron chi connectivity index (χ4n) is 1.30. The molecule has 0 aliphatic rings. The quantitative estimate of drug-likeness (QED) is 0.840. The van der Waals surface area contributed by atoms with E-state index in [0.717, 1.165) is 22.0 Å². The van der Waals surface area contributed by atoms with Crippen LogP contribution in [0.3, 0.4) is 0 Å². The predicted molar refractivity (Wildman–Crippen MR) is 64.0 cm³/mol. The predicted octanol–water partition coefficient (Wildman–Crippen LogP) is 3.85.